The van der Waals surface area contributed by atoms with E-state index >= 15 is 0 Å². The van der Waals surface area contributed by atoms with Gasteiger partial charge in [0.1, 0.15) is 0 Å². The van der Waals surface area contributed by atoms with E-state index in [1.807, 2.05) is 29.2 Å². The predicted molar refractivity (Wildman–Crippen MR) is 176 cm³/mol. The normalized spacial score (nSPS) is 22.4. The number of aromatic nitrogens is 2. The van der Waals surface area contributed by atoms with Gasteiger partial charge in [0.15, 0.2) is 5.82 Å². The maximum absolute atomic E-state index is 14.4. The molecule has 1 unspecified atom stereocenters. The summed E-state index contributed by atoms with van der Waals surface area (Å²) in [6, 6.07) is 3.98. The number of nitrogens with zero attached hydrogens (tertiary/aromatic N) is 6. The molecule has 1 aromatic heterocycles. The zero-order valence-corrected chi connectivity index (χ0v) is 27.8. The summed E-state index contributed by atoms with van der Waals surface area (Å²) >= 11 is 0. The molecule has 0 spiro atoms. The summed E-state index contributed by atoms with van der Waals surface area (Å²) in [5, 5.41) is 10.3. The summed E-state index contributed by atoms with van der Waals surface area (Å²) in [6.07, 6.45) is 6.88. The number of nitrogens with one attached hydrogen (secondary N) is 2. The van der Waals surface area contributed by atoms with Crippen LogP contribution >= 0.6 is 0 Å². The lowest BCUT2D eigenvalue weighted by molar-refractivity contribution is -0.129. The number of carbonyl (C=O) groups is 1. The van der Waals surface area contributed by atoms with Crippen molar-refractivity contribution in [3.8, 4) is 0 Å². The van der Waals surface area contributed by atoms with Crippen molar-refractivity contribution < 1.29 is 18.3 Å². The molecule has 5 aliphatic rings. The average molecular weight is 641 g/mol. The fourth-order valence-electron chi connectivity index (χ4n) is 7.50. The molecule has 0 saturated carbocycles. The van der Waals surface area contributed by atoms with Gasteiger partial charge in [0.25, 0.3) is 6.43 Å². The predicted octanol–water partition coefficient (Wildman–Crippen LogP) is 4.25. The van der Waals surface area contributed by atoms with Crippen molar-refractivity contribution in [3.05, 3.63) is 46.3 Å². The van der Waals surface area contributed by atoms with E-state index < -0.39 is 6.43 Å². The molecule has 5 aliphatic heterocycles. The second-order valence-electron chi connectivity index (χ2n) is 13.3. The standard InChI is InChI=1S/C28H37F2N7O.C6H13NO/c1-18(38)35-12-8-25-24(17-35)28(32-37(25)21-6-10-33(2)11-7-21)36-9-4-5-19-13-22(20-15-31-34(3)16-20)23(27(29)30)14-26(19)36;1-8-6-3-2-4-7-5-6/h13-14,16,21,27,31H,4-12,15,17H2,1-3H3;6-7H,2-5H2,1H3. The van der Waals surface area contributed by atoms with Crippen molar-refractivity contribution in [2.24, 2.45) is 0 Å². The zero-order chi connectivity index (χ0) is 32.4. The largest absolute Gasteiger partial charge is 0.380 e. The molecule has 0 bridgehead atoms. The zero-order valence-electron chi connectivity index (χ0n) is 27.8. The van der Waals surface area contributed by atoms with Gasteiger partial charge in [-0.1, -0.05) is 0 Å². The number of alkyl halides is 2. The molecule has 2 N–H and O–H groups in total. The van der Waals surface area contributed by atoms with E-state index in [0.29, 0.717) is 37.3 Å². The van der Waals surface area contributed by atoms with E-state index in [1.54, 1.807) is 20.1 Å². The number of halogens is 2. The highest BCUT2D eigenvalue weighted by Crippen LogP contribution is 2.43. The van der Waals surface area contributed by atoms with Gasteiger partial charge in [0.05, 0.1) is 18.7 Å². The summed E-state index contributed by atoms with van der Waals surface area (Å²) in [5.74, 6) is 0.890. The minimum atomic E-state index is -2.58. The summed E-state index contributed by atoms with van der Waals surface area (Å²) in [6.45, 7) is 8.34. The lowest BCUT2D eigenvalue weighted by Gasteiger charge is -2.33. The molecule has 46 heavy (non-hydrogen) atoms. The van der Waals surface area contributed by atoms with Crippen LogP contribution in [0.4, 0.5) is 20.3 Å². The molecule has 252 valence electrons. The van der Waals surface area contributed by atoms with Crippen molar-refractivity contribution in [1.29, 1.82) is 0 Å². The Morgan fingerprint density at radius 3 is 2.50 bits per heavy atom. The summed E-state index contributed by atoms with van der Waals surface area (Å²) < 4.78 is 36.2. The number of ether oxygens (including phenoxy) is 1. The van der Waals surface area contributed by atoms with Crippen LogP contribution in [0, 0.1) is 0 Å². The number of rotatable bonds is 5. The van der Waals surface area contributed by atoms with Gasteiger partial charge in [0.2, 0.25) is 5.91 Å². The highest BCUT2D eigenvalue weighted by atomic mass is 19.3. The van der Waals surface area contributed by atoms with E-state index in [9.17, 15) is 13.6 Å². The number of piperidine rings is 2. The quantitative estimate of drug-likeness (QED) is 0.503. The molecular formula is C34H50F2N8O2. The second-order valence-corrected chi connectivity index (χ2v) is 13.3. The van der Waals surface area contributed by atoms with Gasteiger partial charge >= 0.3 is 0 Å². The fourth-order valence-corrected chi connectivity index (χ4v) is 7.50. The van der Waals surface area contributed by atoms with Crippen LogP contribution in [-0.2, 0) is 28.9 Å². The van der Waals surface area contributed by atoms with Crippen LogP contribution in [0.15, 0.2) is 18.3 Å². The van der Waals surface area contributed by atoms with Crippen molar-refractivity contribution in [2.75, 3.05) is 71.9 Å². The topological polar surface area (TPSA) is 81.1 Å². The molecule has 1 atom stereocenters. The number of aryl methyl sites for hydroxylation is 1. The van der Waals surface area contributed by atoms with Crippen LogP contribution in [0.5, 0.6) is 0 Å². The van der Waals surface area contributed by atoms with Crippen LogP contribution in [-0.4, -0.2) is 104 Å². The minimum absolute atomic E-state index is 0.0562. The van der Waals surface area contributed by atoms with Gasteiger partial charge < -0.3 is 29.8 Å². The Balaban J connectivity index is 0.000000407. The molecule has 10 nitrogen and oxygen atoms in total. The summed E-state index contributed by atoms with van der Waals surface area (Å²) in [4.78, 5) is 18.7. The molecule has 1 amide bonds. The van der Waals surface area contributed by atoms with Gasteiger partial charge in [-0.15, -0.1) is 0 Å². The Hall–Kier alpha value is -3.06. The molecule has 2 fully saturated rings. The number of fused-ring (bicyclic) bond motifs is 2. The molecule has 2 saturated heterocycles. The monoisotopic (exact) mass is 640 g/mol. The van der Waals surface area contributed by atoms with E-state index in [2.05, 4.69) is 32.3 Å². The first-order valence-electron chi connectivity index (χ1n) is 16.9. The van der Waals surface area contributed by atoms with E-state index in [4.69, 9.17) is 9.84 Å². The first kappa shape index (κ1) is 32.9. The number of carbonyl (C=O) groups excluding carboxylic acids is 1. The Morgan fingerprint density at radius 1 is 1.07 bits per heavy atom. The Morgan fingerprint density at radius 2 is 1.87 bits per heavy atom. The second kappa shape index (κ2) is 14.4. The molecule has 0 radical (unpaired) electrons. The third-order valence-electron chi connectivity index (χ3n) is 10.2. The molecule has 12 heteroatoms. The van der Waals surface area contributed by atoms with Gasteiger partial charge in [0, 0.05) is 82.4 Å². The first-order chi connectivity index (χ1) is 22.2. The van der Waals surface area contributed by atoms with Crippen LogP contribution in [0.2, 0.25) is 0 Å². The third-order valence-corrected chi connectivity index (χ3v) is 10.2. The first-order valence-corrected chi connectivity index (χ1v) is 16.9. The van der Waals surface area contributed by atoms with Crippen molar-refractivity contribution >= 4 is 23.0 Å². The van der Waals surface area contributed by atoms with Gasteiger partial charge in [-0.3, -0.25) is 9.48 Å². The molecule has 0 aliphatic carbocycles. The van der Waals surface area contributed by atoms with Crippen LogP contribution in [0.25, 0.3) is 5.57 Å². The maximum atomic E-state index is 14.4. The van der Waals surface area contributed by atoms with Crippen LogP contribution < -0.4 is 15.6 Å². The molecule has 2 aromatic rings. The minimum Gasteiger partial charge on any atom is -0.380 e. The number of likely N-dealkylation sites (tertiary alicyclic amines) is 1. The van der Waals surface area contributed by atoms with E-state index in [-0.39, 0.29) is 11.5 Å². The van der Waals surface area contributed by atoms with Crippen molar-refractivity contribution in [3.63, 3.8) is 0 Å². The molecule has 7 rings (SSSR count). The van der Waals surface area contributed by atoms with E-state index in [1.165, 1.54) is 25.1 Å². The number of hydrogen-bond acceptors (Lipinski definition) is 8. The van der Waals surface area contributed by atoms with Gasteiger partial charge in [-0.05, 0) is 94.0 Å². The van der Waals surface area contributed by atoms with Crippen LogP contribution in [0.3, 0.4) is 0 Å². The van der Waals surface area contributed by atoms with Gasteiger partial charge in [-0.25, -0.2) is 14.2 Å². The summed E-state index contributed by atoms with van der Waals surface area (Å²) in [7, 11) is 5.81. The number of benzene rings is 1. The third kappa shape index (κ3) is 6.95. The lowest BCUT2D eigenvalue weighted by Crippen LogP contribution is -2.36. The van der Waals surface area contributed by atoms with Gasteiger partial charge in [-0.2, -0.15) is 5.10 Å². The SMILES string of the molecule is CC(=O)N1CCc2c(c(N3CCCc4cc(C5=CN(C)NC5)c(C(F)F)cc43)nn2C2CCN(C)CC2)C1.COC1CCCNC1. The van der Waals surface area contributed by atoms with Crippen LogP contribution in [0.1, 0.15) is 79.4 Å². The van der Waals surface area contributed by atoms with Crippen molar-refractivity contribution in [2.45, 2.75) is 77.0 Å². The number of hydrazine groups is 1. The Bertz CT molecular complexity index is 1410. The highest BCUT2D eigenvalue weighted by Gasteiger charge is 2.34. The Labute approximate surface area is 271 Å². The fraction of sp³-hybridized carbons (Fsp3) is 0.647. The molecule has 6 heterocycles. The number of amides is 1. The lowest BCUT2D eigenvalue weighted by atomic mass is 9.92. The summed E-state index contributed by atoms with van der Waals surface area (Å²) in [5.41, 5.74) is 8.92. The average Bonchev–Trinajstić information content (AvgIpc) is 3.68. The number of anilines is 2. The maximum Gasteiger partial charge on any atom is 0.264 e. The Kier molecular flexibility index (Phi) is 10.3. The number of hydrogen-bond donors (Lipinski definition) is 2. The van der Waals surface area contributed by atoms with Crippen molar-refractivity contribution in [1.82, 2.24) is 35.3 Å². The van der Waals surface area contributed by atoms with E-state index in [0.717, 1.165) is 86.5 Å². The smallest absolute Gasteiger partial charge is 0.264 e. The highest BCUT2D eigenvalue weighted by molar-refractivity contribution is 5.78. The molecule has 1 aromatic carbocycles. The molecular weight excluding hydrogens is 590 g/mol. The number of methoxy groups -OCH3 is 1.